The first kappa shape index (κ1) is 44.3. The van der Waals surface area contributed by atoms with Gasteiger partial charge in [0.15, 0.2) is 0 Å². The molecule has 0 atom stereocenters. The molecule has 0 N–H and O–H groups in total. The molecular formula is C30H55CuSi2Ti+2. The first-order chi connectivity index (χ1) is 14.3. The number of terminal acetylenes is 1. The van der Waals surface area contributed by atoms with E-state index in [4.69, 9.17) is 19.3 Å². The molecule has 0 nitrogen and oxygen atoms in total. The molecule has 2 fully saturated rings. The van der Waals surface area contributed by atoms with Crippen molar-refractivity contribution in [3.8, 4) is 18.3 Å². The van der Waals surface area contributed by atoms with Crippen LogP contribution in [0.3, 0.4) is 0 Å². The SMILES string of the molecule is C[Si](C)(C)C1CCCC1.C[Si](C)(C)C1CCCC1.[C-]#C.[C-]#CC(C)(C)C.[C-]#CC(C)(C)C.[Cu+].[Ti+4]. The fourth-order valence-electron chi connectivity index (χ4n) is 3.58. The molecule has 0 aromatic rings. The molecule has 0 aromatic heterocycles. The van der Waals surface area contributed by atoms with E-state index < -0.39 is 16.1 Å². The van der Waals surface area contributed by atoms with Crippen LogP contribution in [0, 0.1) is 48.4 Å². The van der Waals surface area contributed by atoms with Crippen LogP contribution in [0.25, 0.3) is 0 Å². The van der Waals surface area contributed by atoms with Crippen LogP contribution in [0.2, 0.25) is 50.4 Å². The Hall–Kier alpha value is 0.348. The van der Waals surface area contributed by atoms with Gasteiger partial charge < -0.3 is 37.5 Å². The smallest absolute Gasteiger partial charge is 0.697 e. The third-order valence-corrected chi connectivity index (χ3v) is 12.0. The first-order valence-electron chi connectivity index (χ1n) is 12.5. The Morgan fingerprint density at radius 3 is 0.794 bits per heavy atom. The Kier molecular flexibility index (Phi) is 28.0. The predicted octanol–water partition coefficient (Wildman–Crippen LogP) is 9.98. The van der Waals surface area contributed by atoms with Crippen molar-refractivity contribution in [3.05, 3.63) is 19.3 Å². The van der Waals surface area contributed by atoms with Crippen molar-refractivity contribution in [2.75, 3.05) is 0 Å². The Bertz CT molecular complexity index is 507. The summed E-state index contributed by atoms with van der Waals surface area (Å²) >= 11 is 0. The Morgan fingerprint density at radius 1 is 0.588 bits per heavy atom. The summed E-state index contributed by atoms with van der Waals surface area (Å²) in [5, 5.41) is 0. The van der Waals surface area contributed by atoms with E-state index in [0.717, 1.165) is 11.1 Å². The normalized spacial score (nSPS) is 15.9. The summed E-state index contributed by atoms with van der Waals surface area (Å²) in [4.78, 5) is 0. The molecule has 0 aliphatic heterocycles. The predicted molar refractivity (Wildman–Crippen MR) is 152 cm³/mol. The van der Waals surface area contributed by atoms with Crippen molar-refractivity contribution >= 4 is 16.1 Å². The minimum atomic E-state index is -0.724. The van der Waals surface area contributed by atoms with Crippen LogP contribution < -0.4 is 0 Å². The van der Waals surface area contributed by atoms with E-state index in [1.165, 1.54) is 51.4 Å². The van der Waals surface area contributed by atoms with Gasteiger partial charge in [0.1, 0.15) is 0 Å². The van der Waals surface area contributed by atoms with Crippen LogP contribution in [0.5, 0.6) is 0 Å². The molecule has 2 aliphatic rings. The van der Waals surface area contributed by atoms with Crippen molar-refractivity contribution in [1.29, 1.82) is 0 Å². The molecule has 0 amide bonds. The molecule has 2 aliphatic carbocycles. The zero-order valence-corrected chi connectivity index (χ0v) is 29.2. The molecular weight excluding hydrogens is 528 g/mol. The topological polar surface area (TPSA) is 0 Å². The minimum Gasteiger partial charge on any atom is -0.697 e. The van der Waals surface area contributed by atoms with Gasteiger partial charge in [-0.2, -0.15) is 0 Å². The van der Waals surface area contributed by atoms with Gasteiger partial charge in [0.25, 0.3) is 0 Å². The molecule has 0 spiro atoms. The fraction of sp³-hybridized carbons (Fsp3) is 0.800. The van der Waals surface area contributed by atoms with Gasteiger partial charge in [-0.25, -0.2) is 0 Å². The van der Waals surface area contributed by atoms with Gasteiger partial charge in [0.05, 0.1) is 0 Å². The van der Waals surface area contributed by atoms with E-state index in [-0.39, 0.29) is 49.6 Å². The van der Waals surface area contributed by atoms with Crippen molar-refractivity contribution in [1.82, 2.24) is 0 Å². The van der Waals surface area contributed by atoms with Gasteiger partial charge in [-0.05, 0) is 21.9 Å². The fourth-order valence-corrected chi connectivity index (χ4v) is 7.86. The summed E-state index contributed by atoms with van der Waals surface area (Å²) in [5.41, 5.74) is 2.22. The van der Waals surface area contributed by atoms with Gasteiger partial charge in [-0.1, -0.05) is 132 Å². The number of rotatable bonds is 2. The van der Waals surface area contributed by atoms with Gasteiger partial charge in [-0.15, -0.1) is 0 Å². The van der Waals surface area contributed by atoms with E-state index >= 15 is 0 Å². The molecule has 0 aromatic carbocycles. The van der Waals surface area contributed by atoms with Crippen LogP contribution in [-0.4, -0.2) is 16.1 Å². The van der Waals surface area contributed by atoms with Crippen LogP contribution in [-0.2, 0) is 38.8 Å². The van der Waals surface area contributed by atoms with E-state index in [1.54, 1.807) is 0 Å². The van der Waals surface area contributed by atoms with E-state index in [1.807, 2.05) is 41.5 Å². The van der Waals surface area contributed by atoms with Crippen molar-refractivity contribution < 1.29 is 38.8 Å². The molecule has 0 heterocycles. The second-order valence-electron chi connectivity index (χ2n) is 13.4. The third kappa shape index (κ3) is 30.4. The second-order valence-corrected chi connectivity index (χ2v) is 24.5. The Labute approximate surface area is 245 Å². The summed E-state index contributed by atoms with van der Waals surface area (Å²) < 4.78 is 0. The second kappa shape index (κ2) is 21.4. The molecule has 34 heavy (non-hydrogen) atoms. The maximum absolute atomic E-state index is 6.60. The average Bonchev–Trinajstić information content (AvgIpc) is 3.36. The molecule has 0 unspecified atom stereocenters. The van der Waals surface area contributed by atoms with Gasteiger partial charge >= 0.3 is 38.8 Å². The molecule has 0 radical (unpaired) electrons. The molecule has 0 saturated heterocycles. The summed E-state index contributed by atoms with van der Waals surface area (Å²) in [6, 6.07) is 0. The molecule has 0 bridgehead atoms. The molecule has 4 heteroatoms. The van der Waals surface area contributed by atoms with Crippen molar-refractivity contribution in [3.63, 3.8) is 0 Å². The van der Waals surface area contributed by atoms with E-state index in [2.05, 4.69) is 57.5 Å². The third-order valence-electron chi connectivity index (χ3n) is 5.91. The zero-order chi connectivity index (χ0) is 26.2. The van der Waals surface area contributed by atoms with Gasteiger partial charge in [-0.3, -0.25) is 0 Å². The van der Waals surface area contributed by atoms with Crippen molar-refractivity contribution in [2.24, 2.45) is 10.8 Å². The Morgan fingerprint density at radius 2 is 0.735 bits per heavy atom. The monoisotopic (exact) mass is 582 g/mol. The average molecular weight is 583 g/mol. The summed E-state index contributed by atoms with van der Waals surface area (Å²) in [6.07, 6.45) is 34.4. The quantitative estimate of drug-likeness (QED) is 0.173. The van der Waals surface area contributed by atoms with Crippen molar-refractivity contribution in [2.45, 2.75) is 143 Å². The summed E-state index contributed by atoms with van der Waals surface area (Å²) in [7, 11) is -1.45. The zero-order valence-electron chi connectivity index (χ0n) is 24.7. The van der Waals surface area contributed by atoms with Crippen LogP contribution in [0.15, 0.2) is 0 Å². The number of hydrogen-bond donors (Lipinski definition) is 0. The van der Waals surface area contributed by atoms with Crippen LogP contribution in [0.4, 0.5) is 0 Å². The minimum absolute atomic E-state index is 0. The van der Waals surface area contributed by atoms with E-state index in [9.17, 15) is 0 Å². The maximum Gasteiger partial charge on any atom is 4.00 e. The maximum atomic E-state index is 6.60. The summed E-state index contributed by atoms with van der Waals surface area (Å²) in [6.45, 7) is 26.7. The Balaban J connectivity index is -0.000000107. The van der Waals surface area contributed by atoms with E-state index in [0.29, 0.717) is 0 Å². The van der Waals surface area contributed by atoms with Crippen LogP contribution in [0.1, 0.15) is 92.9 Å². The molecule has 2 saturated carbocycles. The van der Waals surface area contributed by atoms with Gasteiger partial charge in [0, 0.05) is 16.1 Å². The molecule has 2 rings (SSSR count). The standard InChI is InChI=1S/2C8H18Si.2C6H9.C2H.Cu.Ti/c2*1-9(2,3)8-6-4-5-7-8;2*1-5-6(2,3)4;1-2;;/h2*8H,4-7H2,1-3H3;2*2-4H3;1H;;/q;;3*-1;+1;+4. The number of hydrogen-bond acceptors (Lipinski definition) is 0. The summed E-state index contributed by atoms with van der Waals surface area (Å²) in [5.74, 6) is 4.71. The molecule has 196 valence electrons. The first-order valence-corrected chi connectivity index (χ1v) is 19.7. The largest absolute Gasteiger partial charge is 4.00 e. The van der Waals surface area contributed by atoms with Crippen LogP contribution >= 0.6 is 0 Å². The van der Waals surface area contributed by atoms with Gasteiger partial charge in [0.2, 0.25) is 0 Å².